The van der Waals surface area contributed by atoms with E-state index in [1.807, 2.05) is 13.8 Å². The molecule has 0 spiro atoms. The molecule has 0 aliphatic carbocycles. The number of carbonyl (C=O) groups excluding carboxylic acids is 1. The minimum absolute atomic E-state index is 0.234. The van der Waals surface area contributed by atoms with Crippen molar-refractivity contribution >= 4 is 5.91 Å². The monoisotopic (exact) mass is 297 g/mol. The minimum Gasteiger partial charge on any atom is -0.368 e. The summed E-state index contributed by atoms with van der Waals surface area (Å²) in [5.41, 5.74) is 4.97. The highest BCUT2D eigenvalue weighted by molar-refractivity contribution is 5.84. The van der Waals surface area contributed by atoms with Gasteiger partial charge in [0.05, 0.1) is 5.54 Å². The first-order chi connectivity index (χ1) is 9.89. The Morgan fingerprint density at radius 3 is 2.43 bits per heavy atom. The number of amides is 1. The predicted molar refractivity (Wildman–Crippen MR) is 89.1 cm³/mol. The van der Waals surface area contributed by atoms with Gasteiger partial charge in [-0.15, -0.1) is 0 Å². The SMILES string of the molecule is CCNC(C)(CCCCN1CCC(C(C)C)CC1)C(N)=O. The van der Waals surface area contributed by atoms with Gasteiger partial charge < -0.3 is 16.0 Å². The van der Waals surface area contributed by atoms with E-state index in [0.717, 1.165) is 44.2 Å². The van der Waals surface area contributed by atoms with Crippen molar-refractivity contribution in [2.75, 3.05) is 26.2 Å². The number of primary amides is 1. The first kappa shape index (κ1) is 18.4. The number of likely N-dealkylation sites (tertiary alicyclic amines) is 1. The highest BCUT2D eigenvalue weighted by Gasteiger charge is 2.29. The Kier molecular flexibility index (Phi) is 7.67. The van der Waals surface area contributed by atoms with Gasteiger partial charge in [0.25, 0.3) is 0 Å². The molecular weight excluding hydrogens is 262 g/mol. The first-order valence-corrected chi connectivity index (χ1v) is 8.66. The summed E-state index contributed by atoms with van der Waals surface area (Å²) in [6, 6.07) is 0. The Morgan fingerprint density at radius 1 is 1.33 bits per heavy atom. The van der Waals surface area contributed by atoms with Crippen molar-refractivity contribution in [1.29, 1.82) is 0 Å². The molecule has 4 heteroatoms. The summed E-state index contributed by atoms with van der Waals surface area (Å²) in [7, 11) is 0. The molecule has 1 atom stereocenters. The van der Waals surface area contributed by atoms with Gasteiger partial charge in [-0.05, 0) is 77.0 Å². The average Bonchev–Trinajstić information content (AvgIpc) is 2.44. The van der Waals surface area contributed by atoms with Crippen LogP contribution < -0.4 is 11.1 Å². The maximum atomic E-state index is 11.6. The Labute approximate surface area is 130 Å². The number of nitrogens with zero attached hydrogens (tertiary/aromatic N) is 1. The molecule has 21 heavy (non-hydrogen) atoms. The molecule has 1 amide bonds. The zero-order chi connectivity index (χ0) is 15.9. The largest absolute Gasteiger partial charge is 0.368 e. The van der Waals surface area contributed by atoms with Crippen LogP contribution in [0.25, 0.3) is 0 Å². The van der Waals surface area contributed by atoms with Crippen molar-refractivity contribution in [2.45, 2.75) is 65.3 Å². The van der Waals surface area contributed by atoms with Crippen LogP contribution in [0, 0.1) is 11.8 Å². The van der Waals surface area contributed by atoms with E-state index in [2.05, 4.69) is 24.1 Å². The van der Waals surface area contributed by atoms with Gasteiger partial charge in [-0.3, -0.25) is 4.79 Å². The second-order valence-electron chi connectivity index (χ2n) is 7.11. The van der Waals surface area contributed by atoms with E-state index in [-0.39, 0.29) is 5.91 Å². The smallest absolute Gasteiger partial charge is 0.237 e. The molecule has 0 bridgehead atoms. The number of hydrogen-bond acceptors (Lipinski definition) is 3. The standard InChI is InChI=1S/C17H35N3O/c1-5-19-17(4,16(18)21)10-6-7-11-20-12-8-15(9-13-20)14(2)3/h14-15,19H,5-13H2,1-4H3,(H2,18,21). The fourth-order valence-electron chi connectivity index (χ4n) is 3.35. The zero-order valence-corrected chi connectivity index (χ0v) is 14.5. The van der Waals surface area contributed by atoms with E-state index in [1.54, 1.807) is 0 Å². The van der Waals surface area contributed by atoms with Gasteiger partial charge in [-0.2, -0.15) is 0 Å². The van der Waals surface area contributed by atoms with E-state index in [1.165, 1.54) is 25.9 Å². The van der Waals surface area contributed by atoms with Crippen molar-refractivity contribution in [3.05, 3.63) is 0 Å². The van der Waals surface area contributed by atoms with Crippen molar-refractivity contribution in [3.8, 4) is 0 Å². The molecule has 1 aliphatic rings. The molecule has 0 aromatic rings. The van der Waals surface area contributed by atoms with Gasteiger partial charge in [0, 0.05) is 0 Å². The van der Waals surface area contributed by atoms with Gasteiger partial charge in [-0.25, -0.2) is 0 Å². The van der Waals surface area contributed by atoms with Gasteiger partial charge in [0.1, 0.15) is 0 Å². The topological polar surface area (TPSA) is 58.4 Å². The molecule has 0 aromatic carbocycles. The van der Waals surface area contributed by atoms with Crippen LogP contribution >= 0.6 is 0 Å². The van der Waals surface area contributed by atoms with Crippen molar-refractivity contribution in [1.82, 2.24) is 10.2 Å². The van der Waals surface area contributed by atoms with Gasteiger partial charge >= 0.3 is 0 Å². The normalized spacial score (nSPS) is 20.6. The summed E-state index contributed by atoms with van der Waals surface area (Å²) in [4.78, 5) is 14.1. The number of hydrogen-bond donors (Lipinski definition) is 2. The van der Waals surface area contributed by atoms with Gasteiger partial charge in [-0.1, -0.05) is 20.8 Å². The van der Waals surface area contributed by atoms with E-state index < -0.39 is 5.54 Å². The summed E-state index contributed by atoms with van der Waals surface area (Å²) in [5.74, 6) is 1.50. The number of carbonyl (C=O) groups is 1. The van der Waals surface area contributed by atoms with Crippen LogP contribution in [-0.4, -0.2) is 42.5 Å². The number of nitrogens with two attached hydrogens (primary N) is 1. The molecule has 124 valence electrons. The zero-order valence-electron chi connectivity index (χ0n) is 14.5. The summed E-state index contributed by atoms with van der Waals surface area (Å²) >= 11 is 0. The lowest BCUT2D eigenvalue weighted by atomic mass is 9.86. The number of nitrogens with one attached hydrogen (secondary N) is 1. The molecule has 1 aliphatic heterocycles. The summed E-state index contributed by atoms with van der Waals surface area (Å²) in [6.07, 6.45) is 5.72. The van der Waals surface area contributed by atoms with E-state index in [0.29, 0.717) is 0 Å². The summed E-state index contributed by atoms with van der Waals surface area (Å²) < 4.78 is 0. The molecule has 1 unspecified atom stereocenters. The molecule has 0 aromatic heterocycles. The third-order valence-corrected chi connectivity index (χ3v) is 5.09. The average molecular weight is 297 g/mol. The maximum Gasteiger partial charge on any atom is 0.237 e. The van der Waals surface area contributed by atoms with Crippen molar-refractivity contribution in [2.24, 2.45) is 17.6 Å². The van der Waals surface area contributed by atoms with Gasteiger partial charge in [0.2, 0.25) is 5.91 Å². The number of likely N-dealkylation sites (N-methyl/N-ethyl adjacent to an activating group) is 1. The number of piperidine rings is 1. The third kappa shape index (κ3) is 5.95. The molecule has 3 N–H and O–H groups in total. The molecule has 1 saturated heterocycles. The molecule has 0 radical (unpaired) electrons. The van der Waals surface area contributed by atoms with Crippen LogP contribution in [0.15, 0.2) is 0 Å². The summed E-state index contributed by atoms with van der Waals surface area (Å²) in [6.45, 7) is 13.0. The molecule has 1 rings (SSSR count). The molecule has 4 nitrogen and oxygen atoms in total. The van der Waals surface area contributed by atoms with Crippen LogP contribution in [0.3, 0.4) is 0 Å². The number of unbranched alkanes of at least 4 members (excludes halogenated alkanes) is 1. The third-order valence-electron chi connectivity index (χ3n) is 5.09. The maximum absolute atomic E-state index is 11.6. The van der Waals surface area contributed by atoms with E-state index in [4.69, 9.17) is 5.73 Å². The Bertz CT molecular complexity index is 311. The lowest BCUT2D eigenvalue weighted by molar-refractivity contribution is -0.124. The fourth-order valence-corrected chi connectivity index (χ4v) is 3.35. The van der Waals surface area contributed by atoms with Crippen molar-refractivity contribution < 1.29 is 4.79 Å². The van der Waals surface area contributed by atoms with E-state index >= 15 is 0 Å². The Balaban J connectivity index is 2.21. The van der Waals surface area contributed by atoms with Crippen LogP contribution in [0.4, 0.5) is 0 Å². The molecule has 1 fully saturated rings. The van der Waals surface area contributed by atoms with Crippen LogP contribution in [-0.2, 0) is 4.79 Å². The minimum atomic E-state index is -0.542. The highest BCUT2D eigenvalue weighted by Crippen LogP contribution is 2.24. The quantitative estimate of drug-likeness (QED) is 0.642. The Hall–Kier alpha value is -0.610. The van der Waals surface area contributed by atoms with Crippen molar-refractivity contribution in [3.63, 3.8) is 0 Å². The van der Waals surface area contributed by atoms with Gasteiger partial charge in [0.15, 0.2) is 0 Å². The summed E-state index contributed by atoms with van der Waals surface area (Å²) in [5, 5.41) is 3.23. The van der Waals surface area contributed by atoms with Crippen LogP contribution in [0.5, 0.6) is 0 Å². The Morgan fingerprint density at radius 2 is 1.95 bits per heavy atom. The van der Waals surface area contributed by atoms with E-state index in [9.17, 15) is 4.79 Å². The second-order valence-corrected chi connectivity index (χ2v) is 7.11. The molecule has 1 heterocycles. The van der Waals surface area contributed by atoms with Crippen LogP contribution in [0.1, 0.15) is 59.8 Å². The predicted octanol–water partition coefficient (Wildman–Crippen LogP) is 2.38. The molecular formula is C17H35N3O. The fraction of sp³-hybridized carbons (Fsp3) is 0.941. The first-order valence-electron chi connectivity index (χ1n) is 8.66. The lowest BCUT2D eigenvalue weighted by Gasteiger charge is -2.34. The molecule has 0 saturated carbocycles. The second kappa shape index (κ2) is 8.74. The van der Waals surface area contributed by atoms with Crippen LogP contribution in [0.2, 0.25) is 0 Å². The number of rotatable bonds is 9. The highest BCUT2D eigenvalue weighted by atomic mass is 16.1. The lowest BCUT2D eigenvalue weighted by Crippen LogP contribution is -2.53.